The van der Waals surface area contributed by atoms with Crippen molar-refractivity contribution in [2.75, 3.05) is 50.4 Å². The SMILES string of the molecule is CSC(N)c1ccc(N2CCN(C(=O)C3CCNCC3)CC2)cc1CCCC1C=CC=CC1. The Bertz CT molecular complexity index is 841. The van der Waals surface area contributed by atoms with E-state index in [1.54, 1.807) is 11.8 Å². The quantitative estimate of drug-likeness (QED) is 0.562. The van der Waals surface area contributed by atoms with Crippen LogP contribution in [0.15, 0.2) is 42.5 Å². The van der Waals surface area contributed by atoms with Crippen LogP contribution in [0.4, 0.5) is 5.69 Å². The highest BCUT2D eigenvalue weighted by atomic mass is 32.2. The van der Waals surface area contributed by atoms with Gasteiger partial charge in [0, 0.05) is 37.8 Å². The van der Waals surface area contributed by atoms with Crippen molar-refractivity contribution in [3.8, 4) is 0 Å². The fraction of sp³-hybridized carbons (Fsp3) is 0.593. The Morgan fingerprint density at radius 2 is 1.97 bits per heavy atom. The Kier molecular flexibility index (Phi) is 8.93. The van der Waals surface area contributed by atoms with Crippen LogP contribution in [0, 0.1) is 11.8 Å². The van der Waals surface area contributed by atoms with Gasteiger partial charge in [0.2, 0.25) is 5.91 Å². The summed E-state index contributed by atoms with van der Waals surface area (Å²) in [4.78, 5) is 17.4. The smallest absolute Gasteiger partial charge is 0.225 e. The molecule has 2 saturated heterocycles. The minimum Gasteiger partial charge on any atom is -0.368 e. The topological polar surface area (TPSA) is 61.6 Å². The Labute approximate surface area is 203 Å². The summed E-state index contributed by atoms with van der Waals surface area (Å²) in [6, 6.07) is 6.84. The lowest BCUT2D eigenvalue weighted by Gasteiger charge is -2.38. The number of aryl methyl sites for hydroxylation is 1. The van der Waals surface area contributed by atoms with Crippen LogP contribution in [0.25, 0.3) is 0 Å². The molecule has 33 heavy (non-hydrogen) atoms. The van der Waals surface area contributed by atoms with Crippen molar-refractivity contribution in [2.45, 2.75) is 43.9 Å². The fourth-order valence-electron chi connectivity index (χ4n) is 5.32. The normalized spacial score (nSPS) is 22.5. The van der Waals surface area contributed by atoms with Gasteiger partial charge in [0.05, 0.1) is 5.37 Å². The third-order valence-corrected chi connectivity index (χ3v) is 8.18. The van der Waals surface area contributed by atoms with Crippen LogP contribution in [-0.2, 0) is 11.2 Å². The molecule has 2 atom stereocenters. The number of nitrogens with zero attached hydrogens (tertiary/aromatic N) is 2. The summed E-state index contributed by atoms with van der Waals surface area (Å²) in [5, 5.41) is 3.38. The molecule has 0 aromatic heterocycles. The molecule has 6 heteroatoms. The molecule has 3 aliphatic rings. The lowest BCUT2D eigenvalue weighted by atomic mass is 9.92. The first-order valence-electron chi connectivity index (χ1n) is 12.6. The van der Waals surface area contributed by atoms with Gasteiger partial charge >= 0.3 is 0 Å². The van der Waals surface area contributed by atoms with Crippen LogP contribution in [0.2, 0.25) is 0 Å². The van der Waals surface area contributed by atoms with E-state index in [2.05, 4.69) is 63.9 Å². The van der Waals surface area contributed by atoms with Crippen molar-refractivity contribution in [3.05, 3.63) is 53.6 Å². The summed E-state index contributed by atoms with van der Waals surface area (Å²) < 4.78 is 0. The molecule has 0 spiro atoms. The molecule has 1 amide bonds. The van der Waals surface area contributed by atoms with E-state index in [0.29, 0.717) is 11.8 Å². The van der Waals surface area contributed by atoms with E-state index in [4.69, 9.17) is 5.73 Å². The van der Waals surface area contributed by atoms with Crippen molar-refractivity contribution in [3.63, 3.8) is 0 Å². The van der Waals surface area contributed by atoms with Gasteiger partial charge in [0.25, 0.3) is 0 Å². The Balaban J connectivity index is 1.37. The molecule has 5 nitrogen and oxygen atoms in total. The van der Waals surface area contributed by atoms with E-state index < -0.39 is 0 Å². The molecule has 0 radical (unpaired) electrons. The van der Waals surface area contributed by atoms with Crippen LogP contribution in [-0.4, -0.2) is 56.3 Å². The third kappa shape index (κ3) is 6.43. The van der Waals surface area contributed by atoms with Crippen LogP contribution < -0.4 is 16.0 Å². The van der Waals surface area contributed by atoms with Crippen molar-refractivity contribution >= 4 is 23.4 Å². The maximum absolute atomic E-state index is 12.9. The van der Waals surface area contributed by atoms with Crippen LogP contribution in [0.1, 0.15) is 48.6 Å². The number of carbonyl (C=O) groups is 1. The Morgan fingerprint density at radius 3 is 2.67 bits per heavy atom. The van der Waals surface area contributed by atoms with E-state index in [1.165, 1.54) is 29.7 Å². The van der Waals surface area contributed by atoms with Gasteiger partial charge in [0.1, 0.15) is 0 Å². The summed E-state index contributed by atoms with van der Waals surface area (Å²) in [6.45, 7) is 5.40. The van der Waals surface area contributed by atoms with E-state index in [9.17, 15) is 4.79 Å². The molecule has 1 aliphatic carbocycles. The van der Waals surface area contributed by atoms with E-state index >= 15 is 0 Å². The Hall–Kier alpha value is -1.76. The summed E-state index contributed by atoms with van der Waals surface area (Å²) in [7, 11) is 0. The maximum Gasteiger partial charge on any atom is 0.225 e. The number of benzene rings is 1. The second-order valence-corrected chi connectivity index (χ2v) is 10.6. The molecule has 2 aliphatic heterocycles. The second-order valence-electron chi connectivity index (χ2n) is 9.58. The van der Waals surface area contributed by atoms with Gasteiger partial charge in [-0.15, -0.1) is 11.8 Å². The highest BCUT2D eigenvalue weighted by molar-refractivity contribution is 7.98. The predicted octanol–water partition coefficient (Wildman–Crippen LogP) is 4.11. The van der Waals surface area contributed by atoms with Crippen molar-refractivity contribution in [2.24, 2.45) is 17.6 Å². The number of nitrogens with one attached hydrogen (secondary N) is 1. The highest BCUT2D eigenvalue weighted by Gasteiger charge is 2.28. The summed E-state index contributed by atoms with van der Waals surface area (Å²) in [5.74, 6) is 1.25. The number of anilines is 1. The summed E-state index contributed by atoms with van der Waals surface area (Å²) in [5.41, 5.74) is 10.4. The maximum atomic E-state index is 12.9. The number of carbonyl (C=O) groups excluding carboxylic acids is 1. The summed E-state index contributed by atoms with van der Waals surface area (Å²) >= 11 is 1.71. The largest absolute Gasteiger partial charge is 0.368 e. The molecule has 4 rings (SSSR count). The number of thioether (sulfide) groups is 1. The average molecular weight is 469 g/mol. The number of rotatable bonds is 8. The lowest BCUT2D eigenvalue weighted by molar-refractivity contribution is -0.136. The third-order valence-electron chi connectivity index (χ3n) is 7.42. The monoisotopic (exact) mass is 468 g/mol. The molecule has 0 saturated carbocycles. The average Bonchev–Trinajstić information content (AvgIpc) is 2.89. The number of amides is 1. The molecule has 2 heterocycles. The molecule has 3 N–H and O–H groups in total. The summed E-state index contributed by atoms with van der Waals surface area (Å²) in [6.07, 6.45) is 17.6. The Morgan fingerprint density at radius 1 is 1.18 bits per heavy atom. The highest BCUT2D eigenvalue weighted by Crippen LogP contribution is 2.30. The van der Waals surface area contributed by atoms with Crippen molar-refractivity contribution in [1.29, 1.82) is 0 Å². The first-order valence-corrected chi connectivity index (χ1v) is 13.9. The minimum absolute atomic E-state index is 0.0195. The second kappa shape index (κ2) is 12.1. The molecule has 180 valence electrons. The minimum atomic E-state index is 0.0195. The van der Waals surface area contributed by atoms with E-state index in [-0.39, 0.29) is 11.3 Å². The van der Waals surface area contributed by atoms with Gasteiger partial charge in [0.15, 0.2) is 0 Å². The van der Waals surface area contributed by atoms with Gasteiger partial charge < -0.3 is 20.9 Å². The molecule has 2 unspecified atom stereocenters. The molecular formula is C27H40N4OS. The van der Waals surface area contributed by atoms with Gasteiger partial charge in [-0.05, 0) is 87.0 Å². The zero-order chi connectivity index (χ0) is 23.0. The molecule has 2 fully saturated rings. The van der Waals surface area contributed by atoms with Gasteiger partial charge in [-0.2, -0.15) is 0 Å². The van der Waals surface area contributed by atoms with Crippen molar-refractivity contribution in [1.82, 2.24) is 10.2 Å². The van der Waals surface area contributed by atoms with Crippen molar-refractivity contribution < 1.29 is 4.79 Å². The number of piperidine rings is 1. The number of hydrogen-bond donors (Lipinski definition) is 2. The zero-order valence-electron chi connectivity index (χ0n) is 20.0. The number of piperazine rings is 1. The molecule has 1 aromatic carbocycles. The zero-order valence-corrected chi connectivity index (χ0v) is 20.9. The predicted molar refractivity (Wildman–Crippen MR) is 141 cm³/mol. The number of hydrogen-bond acceptors (Lipinski definition) is 5. The van der Waals surface area contributed by atoms with Crippen LogP contribution in [0.3, 0.4) is 0 Å². The lowest BCUT2D eigenvalue weighted by Crippen LogP contribution is -2.51. The fourth-order valence-corrected chi connectivity index (χ4v) is 5.81. The molecule has 0 bridgehead atoms. The standard InChI is InChI=1S/C27H40N4OS/c1-33-26(28)25-11-10-24(20-23(25)9-5-8-21-6-3-2-4-7-21)30-16-18-31(19-17-30)27(32)22-12-14-29-15-13-22/h2-4,6,10-11,20-22,26,29H,5,7-9,12-19,28H2,1H3. The van der Waals surface area contributed by atoms with Gasteiger partial charge in [-0.3, -0.25) is 4.79 Å². The van der Waals surface area contributed by atoms with Gasteiger partial charge in [-0.1, -0.05) is 30.4 Å². The van der Waals surface area contributed by atoms with E-state index in [1.807, 2.05) is 0 Å². The molecular weight excluding hydrogens is 428 g/mol. The van der Waals surface area contributed by atoms with Crippen LogP contribution >= 0.6 is 11.8 Å². The first kappa shape index (κ1) is 24.4. The van der Waals surface area contributed by atoms with Gasteiger partial charge in [-0.25, -0.2) is 0 Å². The van der Waals surface area contributed by atoms with Crippen LogP contribution in [0.5, 0.6) is 0 Å². The molecule has 1 aromatic rings. The number of allylic oxidation sites excluding steroid dienone is 4. The number of nitrogens with two attached hydrogens (primary N) is 1. The van der Waals surface area contributed by atoms with E-state index in [0.717, 1.165) is 65.0 Å². The first-order chi connectivity index (χ1) is 16.2.